The minimum Gasteiger partial charge on any atom is -0.390 e. The smallest absolute Gasteiger partial charge is 0.0670 e. The molecule has 0 saturated heterocycles. The van der Waals surface area contributed by atoms with Gasteiger partial charge in [0.25, 0.3) is 0 Å². The van der Waals surface area contributed by atoms with Crippen LogP contribution in [0.25, 0.3) is 0 Å². The Morgan fingerprint density at radius 2 is 1.73 bits per heavy atom. The maximum Gasteiger partial charge on any atom is 0.0670 e. The molecule has 0 amide bonds. The zero-order valence-electron chi connectivity index (χ0n) is 13.8. The molecule has 4 aliphatic rings. The van der Waals surface area contributed by atoms with Crippen LogP contribution in [0.3, 0.4) is 0 Å². The van der Waals surface area contributed by atoms with Gasteiger partial charge in [-0.25, -0.2) is 0 Å². The van der Waals surface area contributed by atoms with Gasteiger partial charge in [-0.05, 0) is 68.1 Å². The van der Waals surface area contributed by atoms with E-state index in [-0.39, 0.29) is 11.1 Å². The summed E-state index contributed by atoms with van der Waals surface area (Å²) in [4.78, 5) is 2.13. The number of rotatable bonds is 4. The van der Waals surface area contributed by atoms with Gasteiger partial charge in [0.2, 0.25) is 0 Å². The second-order valence-corrected chi connectivity index (χ2v) is 8.38. The van der Waals surface area contributed by atoms with Gasteiger partial charge in [0.1, 0.15) is 0 Å². The van der Waals surface area contributed by atoms with E-state index in [4.69, 9.17) is 0 Å². The third-order valence-electron chi connectivity index (χ3n) is 6.15. The van der Waals surface area contributed by atoms with Crippen molar-refractivity contribution in [3.8, 4) is 0 Å². The van der Waals surface area contributed by atoms with Crippen LogP contribution in [-0.4, -0.2) is 30.3 Å². The highest BCUT2D eigenvalue weighted by molar-refractivity contribution is 5.46. The zero-order chi connectivity index (χ0) is 15.4. The first-order valence-electron chi connectivity index (χ1n) is 8.69. The lowest BCUT2D eigenvalue weighted by molar-refractivity contribution is -0.142. The van der Waals surface area contributed by atoms with E-state index in [9.17, 15) is 5.11 Å². The first-order chi connectivity index (χ1) is 10.5. The molecule has 4 aliphatic carbocycles. The van der Waals surface area contributed by atoms with E-state index in [1.54, 1.807) is 0 Å². The van der Waals surface area contributed by atoms with Crippen molar-refractivity contribution >= 4 is 5.69 Å². The number of nitrogens with one attached hydrogen (secondary N) is 1. The molecule has 0 heterocycles. The van der Waals surface area contributed by atoms with E-state index >= 15 is 0 Å². The lowest BCUT2D eigenvalue weighted by atomic mass is 9.51. The Bertz CT molecular complexity index is 537. The van der Waals surface area contributed by atoms with Crippen LogP contribution in [0.5, 0.6) is 0 Å². The summed E-state index contributed by atoms with van der Waals surface area (Å²) in [6.45, 7) is 0.920. The number of nitrogens with zero attached hydrogens (tertiary/aromatic N) is 1. The van der Waals surface area contributed by atoms with Crippen LogP contribution < -0.4 is 10.2 Å². The van der Waals surface area contributed by atoms with Crippen molar-refractivity contribution < 1.29 is 5.11 Å². The second kappa shape index (κ2) is 4.97. The van der Waals surface area contributed by atoms with Gasteiger partial charge in [-0.15, -0.1) is 0 Å². The van der Waals surface area contributed by atoms with Gasteiger partial charge in [-0.1, -0.05) is 12.1 Å². The molecule has 2 unspecified atom stereocenters. The number of hydrogen-bond acceptors (Lipinski definition) is 3. The Balaban J connectivity index is 1.45. The van der Waals surface area contributed by atoms with E-state index in [0.29, 0.717) is 0 Å². The molecule has 1 aromatic rings. The first kappa shape index (κ1) is 14.5. The molecule has 1 aromatic carbocycles. The molecule has 4 fully saturated rings. The number of benzene rings is 1. The maximum absolute atomic E-state index is 10.8. The van der Waals surface area contributed by atoms with Crippen molar-refractivity contribution in [2.75, 3.05) is 19.0 Å². The number of aliphatic hydroxyl groups is 1. The third kappa shape index (κ3) is 2.55. The Hall–Kier alpha value is -1.06. The average molecular weight is 300 g/mol. The predicted molar refractivity (Wildman–Crippen MR) is 90.0 cm³/mol. The molecule has 4 bridgehead atoms. The Labute approximate surface area is 133 Å². The van der Waals surface area contributed by atoms with Crippen molar-refractivity contribution in [2.24, 2.45) is 11.8 Å². The molecular weight excluding hydrogens is 272 g/mol. The molecule has 5 rings (SSSR count). The van der Waals surface area contributed by atoms with Crippen LogP contribution >= 0.6 is 0 Å². The van der Waals surface area contributed by atoms with Gasteiger partial charge in [-0.3, -0.25) is 0 Å². The largest absolute Gasteiger partial charge is 0.390 e. The Kier molecular flexibility index (Phi) is 3.28. The summed E-state index contributed by atoms with van der Waals surface area (Å²) in [6.07, 6.45) is 6.93. The molecule has 3 heteroatoms. The summed E-state index contributed by atoms with van der Waals surface area (Å²) in [5.74, 6) is 1.49. The summed E-state index contributed by atoms with van der Waals surface area (Å²) >= 11 is 0. The van der Waals surface area contributed by atoms with Gasteiger partial charge >= 0.3 is 0 Å². The molecule has 22 heavy (non-hydrogen) atoms. The van der Waals surface area contributed by atoms with Crippen LogP contribution in [0.4, 0.5) is 5.69 Å². The topological polar surface area (TPSA) is 35.5 Å². The molecule has 2 atom stereocenters. The molecule has 2 N–H and O–H groups in total. The Morgan fingerprint density at radius 1 is 1.09 bits per heavy atom. The minimum atomic E-state index is -0.369. The summed E-state index contributed by atoms with van der Waals surface area (Å²) in [5, 5.41) is 14.7. The second-order valence-electron chi connectivity index (χ2n) is 8.38. The summed E-state index contributed by atoms with van der Waals surface area (Å²) in [7, 11) is 4.15. The van der Waals surface area contributed by atoms with Crippen molar-refractivity contribution in [3.63, 3.8) is 0 Å². The molecular formula is C19H28N2O. The fraction of sp³-hybridized carbons (Fsp3) is 0.684. The van der Waals surface area contributed by atoms with E-state index in [1.807, 2.05) is 0 Å². The van der Waals surface area contributed by atoms with E-state index in [2.05, 4.69) is 48.6 Å². The zero-order valence-corrected chi connectivity index (χ0v) is 13.8. The third-order valence-corrected chi connectivity index (χ3v) is 6.15. The van der Waals surface area contributed by atoms with Crippen molar-refractivity contribution in [2.45, 2.75) is 56.2 Å². The fourth-order valence-electron chi connectivity index (χ4n) is 5.62. The number of hydrogen-bond donors (Lipinski definition) is 2. The van der Waals surface area contributed by atoms with Crippen LogP contribution in [0.2, 0.25) is 0 Å². The van der Waals surface area contributed by atoms with Crippen LogP contribution in [0.1, 0.15) is 44.1 Å². The summed E-state index contributed by atoms with van der Waals surface area (Å²) in [5.41, 5.74) is 2.41. The minimum absolute atomic E-state index is 0.194. The molecule has 0 radical (unpaired) electrons. The monoisotopic (exact) mass is 300 g/mol. The van der Waals surface area contributed by atoms with E-state index in [0.717, 1.165) is 37.6 Å². The molecule has 0 aromatic heterocycles. The summed E-state index contributed by atoms with van der Waals surface area (Å²) in [6, 6.07) is 8.81. The quantitative estimate of drug-likeness (QED) is 0.897. The SMILES string of the molecule is CN(C)c1ccc(CNC23CC4CC(CC(O)(C4)C2)C3)cc1. The van der Waals surface area contributed by atoms with Crippen LogP contribution in [-0.2, 0) is 6.54 Å². The molecule has 4 saturated carbocycles. The molecule has 0 aliphatic heterocycles. The van der Waals surface area contributed by atoms with E-state index in [1.165, 1.54) is 30.5 Å². The lowest BCUT2D eigenvalue weighted by Crippen LogP contribution is -2.64. The molecule has 0 spiro atoms. The summed E-state index contributed by atoms with van der Waals surface area (Å²) < 4.78 is 0. The lowest BCUT2D eigenvalue weighted by Gasteiger charge is -2.60. The van der Waals surface area contributed by atoms with Gasteiger partial charge in [0.15, 0.2) is 0 Å². The van der Waals surface area contributed by atoms with Gasteiger partial charge < -0.3 is 15.3 Å². The van der Waals surface area contributed by atoms with Gasteiger partial charge in [0.05, 0.1) is 5.60 Å². The normalized spacial score (nSPS) is 39.2. The van der Waals surface area contributed by atoms with Crippen LogP contribution in [0.15, 0.2) is 24.3 Å². The van der Waals surface area contributed by atoms with Crippen molar-refractivity contribution in [3.05, 3.63) is 29.8 Å². The highest BCUT2D eigenvalue weighted by Gasteiger charge is 2.56. The Morgan fingerprint density at radius 3 is 2.27 bits per heavy atom. The highest BCUT2D eigenvalue weighted by Crippen LogP contribution is 2.57. The van der Waals surface area contributed by atoms with Crippen LogP contribution in [0, 0.1) is 11.8 Å². The van der Waals surface area contributed by atoms with Gasteiger partial charge in [-0.2, -0.15) is 0 Å². The molecule has 3 nitrogen and oxygen atoms in total. The van der Waals surface area contributed by atoms with Crippen molar-refractivity contribution in [1.29, 1.82) is 0 Å². The maximum atomic E-state index is 10.8. The van der Waals surface area contributed by atoms with Gasteiger partial charge in [0, 0.05) is 31.9 Å². The fourth-order valence-corrected chi connectivity index (χ4v) is 5.62. The molecule has 120 valence electrons. The highest BCUT2D eigenvalue weighted by atomic mass is 16.3. The number of anilines is 1. The predicted octanol–water partition coefficient (Wildman–Crippen LogP) is 2.93. The average Bonchev–Trinajstić information content (AvgIpc) is 2.43. The van der Waals surface area contributed by atoms with Crippen molar-refractivity contribution in [1.82, 2.24) is 5.32 Å². The van der Waals surface area contributed by atoms with E-state index < -0.39 is 0 Å². The standard InChI is InChI=1S/C19H28N2O/c1-21(2)17-5-3-14(4-6-17)12-20-18-8-15-7-16(9-18)11-19(22,10-15)13-18/h3-6,15-16,20,22H,7-13H2,1-2H3. The first-order valence-corrected chi connectivity index (χ1v) is 8.69.